The average Bonchev–Trinajstić information content (AvgIpc) is 3.01. The minimum Gasteiger partial charge on any atom is -0.378 e. The van der Waals surface area contributed by atoms with Gasteiger partial charge in [0.2, 0.25) is 10.0 Å². The fourth-order valence-electron chi connectivity index (χ4n) is 2.17. The molecule has 1 heterocycles. The molecule has 0 saturated heterocycles. The van der Waals surface area contributed by atoms with Gasteiger partial charge in [0.25, 0.3) is 0 Å². The van der Waals surface area contributed by atoms with Crippen LogP contribution in [0.3, 0.4) is 0 Å². The van der Waals surface area contributed by atoms with E-state index in [2.05, 4.69) is 13.5 Å². The number of sulfonamides is 1. The van der Waals surface area contributed by atoms with Gasteiger partial charge in [-0.2, -0.15) is 8.75 Å². The Bertz CT molecular complexity index is 918. The fourth-order valence-corrected chi connectivity index (χ4v) is 3.95. The summed E-state index contributed by atoms with van der Waals surface area (Å²) in [7, 11) is 0.279. The molecule has 6 nitrogen and oxygen atoms in total. The number of fused-ring (bicyclic) bond motifs is 1. The van der Waals surface area contributed by atoms with Crippen LogP contribution in [0.4, 0.5) is 5.69 Å². The molecule has 0 bridgehead atoms. The van der Waals surface area contributed by atoms with Gasteiger partial charge in [0.05, 0.1) is 11.7 Å². The van der Waals surface area contributed by atoms with Gasteiger partial charge in [0, 0.05) is 26.3 Å². The van der Waals surface area contributed by atoms with Crippen LogP contribution >= 0.6 is 11.7 Å². The molecule has 0 unspecified atom stereocenters. The van der Waals surface area contributed by atoms with Gasteiger partial charge in [-0.05, 0) is 29.8 Å². The number of aromatic nitrogens is 2. The summed E-state index contributed by atoms with van der Waals surface area (Å²) in [6.07, 6.45) is 0. The number of benzene rings is 2. The first-order chi connectivity index (χ1) is 11.0. The van der Waals surface area contributed by atoms with E-state index in [0.717, 1.165) is 23.0 Å². The lowest BCUT2D eigenvalue weighted by molar-refractivity contribution is 0.582. The second-order valence-corrected chi connectivity index (χ2v) is 7.54. The van der Waals surface area contributed by atoms with E-state index in [1.165, 1.54) is 0 Å². The Morgan fingerprint density at radius 2 is 1.83 bits per heavy atom. The summed E-state index contributed by atoms with van der Waals surface area (Å²) in [6, 6.07) is 12.7. The summed E-state index contributed by atoms with van der Waals surface area (Å²) >= 11 is 1.01. The fraction of sp³-hybridized carbons (Fsp3) is 0.200. The van der Waals surface area contributed by atoms with Gasteiger partial charge < -0.3 is 4.90 Å². The van der Waals surface area contributed by atoms with Crippen molar-refractivity contribution in [2.45, 2.75) is 11.4 Å². The van der Waals surface area contributed by atoms with Crippen molar-refractivity contribution in [1.29, 1.82) is 0 Å². The molecular weight excluding hydrogens is 332 g/mol. The first kappa shape index (κ1) is 15.9. The molecule has 3 rings (SSSR count). The maximum absolute atomic E-state index is 12.5. The van der Waals surface area contributed by atoms with Gasteiger partial charge in [0.15, 0.2) is 0 Å². The van der Waals surface area contributed by atoms with Crippen molar-refractivity contribution in [1.82, 2.24) is 13.5 Å². The van der Waals surface area contributed by atoms with E-state index in [1.54, 1.807) is 18.2 Å². The molecule has 0 amide bonds. The van der Waals surface area contributed by atoms with E-state index in [0.29, 0.717) is 11.0 Å². The van der Waals surface area contributed by atoms with Crippen LogP contribution in [0.15, 0.2) is 47.4 Å². The molecule has 0 spiro atoms. The SMILES string of the molecule is CN(C)c1ccc(CNS(=O)(=O)c2cccc3nsnc23)cc1. The number of nitrogens with zero attached hydrogens (tertiary/aromatic N) is 3. The Kier molecular flexibility index (Phi) is 4.29. The first-order valence-corrected chi connectivity index (χ1v) is 9.16. The summed E-state index contributed by atoms with van der Waals surface area (Å²) in [4.78, 5) is 2.15. The Morgan fingerprint density at radius 3 is 2.52 bits per heavy atom. The largest absolute Gasteiger partial charge is 0.378 e. The van der Waals surface area contributed by atoms with E-state index in [9.17, 15) is 8.42 Å². The summed E-state index contributed by atoms with van der Waals surface area (Å²) in [5.74, 6) is 0. The lowest BCUT2D eigenvalue weighted by atomic mass is 10.2. The molecule has 0 fully saturated rings. The van der Waals surface area contributed by atoms with Crippen LogP contribution in [0.1, 0.15) is 5.56 Å². The highest BCUT2D eigenvalue weighted by molar-refractivity contribution is 7.89. The molecule has 3 aromatic rings. The second-order valence-electron chi connectivity index (χ2n) is 5.27. The van der Waals surface area contributed by atoms with E-state index >= 15 is 0 Å². The zero-order valence-corrected chi connectivity index (χ0v) is 14.4. The Labute approximate surface area is 139 Å². The smallest absolute Gasteiger partial charge is 0.243 e. The monoisotopic (exact) mass is 348 g/mol. The van der Waals surface area contributed by atoms with Crippen molar-refractivity contribution in [3.05, 3.63) is 48.0 Å². The quantitative estimate of drug-likeness (QED) is 0.765. The Morgan fingerprint density at radius 1 is 1.09 bits per heavy atom. The standard InChI is InChI=1S/C15H16N4O2S2/c1-19(2)12-8-6-11(7-9-12)10-16-23(20,21)14-5-3-4-13-15(14)18-22-17-13/h3-9,16H,10H2,1-2H3. The van der Waals surface area contributed by atoms with Crippen molar-refractivity contribution < 1.29 is 8.42 Å². The number of rotatable bonds is 5. The van der Waals surface area contributed by atoms with Crippen LogP contribution in [0, 0.1) is 0 Å². The summed E-state index contributed by atoms with van der Waals surface area (Å²) in [5.41, 5.74) is 2.96. The number of hydrogen-bond acceptors (Lipinski definition) is 6. The highest BCUT2D eigenvalue weighted by Gasteiger charge is 2.19. The van der Waals surface area contributed by atoms with Gasteiger partial charge in [-0.1, -0.05) is 18.2 Å². The molecular formula is C15H16N4O2S2. The van der Waals surface area contributed by atoms with Crippen molar-refractivity contribution >= 4 is 38.5 Å². The Balaban J connectivity index is 1.80. The average molecular weight is 348 g/mol. The van der Waals surface area contributed by atoms with E-state index in [-0.39, 0.29) is 11.4 Å². The van der Waals surface area contributed by atoms with Crippen LogP contribution in [0.25, 0.3) is 11.0 Å². The molecule has 0 aliphatic carbocycles. The predicted octanol–water partition coefficient (Wildman–Crippen LogP) is 2.24. The molecule has 0 radical (unpaired) electrons. The molecule has 0 saturated carbocycles. The van der Waals surface area contributed by atoms with Gasteiger partial charge in [0.1, 0.15) is 15.9 Å². The molecule has 23 heavy (non-hydrogen) atoms. The van der Waals surface area contributed by atoms with Crippen molar-refractivity contribution in [2.75, 3.05) is 19.0 Å². The minimum absolute atomic E-state index is 0.161. The maximum atomic E-state index is 12.5. The zero-order valence-electron chi connectivity index (χ0n) is 12.7. The zero-order chi connectivity index (χ0) is 16.4. The van der Waals surface area contributed by atoms with Crippen LogP contribution in [-0.2, 0) is 16.6 Å². The molecule has 1 N–H and O–H groups in total. The first-order valence-electron chi connectivity index (χ1n) is 6.94. The van der Waals surface area contributed by atoms with Crippen molar-refractivity contribution in [2.24, 2.45) is 0 Å². The normalized spacial score (nSPS) is 11.7. The highest BCUT2D eigenvalue weighted by Crippen LogP contribution is 2.21. The maximum Gasteiger partial charge on any atom is 0.243 e. The lowest BCUT2D eigenvalue weighted by Crippen LogP contribution is -2.23. The topological polar surface area (TPSA) is 75.2 Å². The van der Waals surface area contributed by atoms with E-state index in [1.807, 2.05) is 43.3 Å². The van der Waals surface area contributed by atoms with Crippen LogP contribution < -0.4 is 9.62 Å². The van der Waals surface area contributed by atoms with Gasteiger partial charge in [-0.3, -0.25) is 0 Å². The molecule has 0 aliphatic heterocycles. The van der Waals surface area contributed by atoms with E-state index < -0.39 is 10.0 Å². The summed E-state index contributed by atoms with van der Waals surface area (Å²) < 4.78 is 35.8. The third kappa shape index (κ3) is 3.34. The Hall–Kier alpha value is -2.03. The number of nitrogens with one attached hydrogen (secondary N) is 1. The molecule has 0 atom stereocenters. The van der Waals surface area contributed by atoms with Gasteiger partial charge in [-0.25, -0.2) is 13.1 Å². The van der Waals surface area contributed by atoms with E-state index in [4.69, 9.17) is 0 Å². The van der Waals surface area contributed by atoms with Crippen LogP contribution in [0.2, 0.25) is 0 Å². The predicted molar refractivity (Wildman–Crippen MR) is 92.2 cm³/mol. The third-order valence-electron chi connectivity index (χ3n) is 3.46. The number of anilines is 1. The number of hydrogen-bond donors (Lipinski definition) is 1. The molecule has 1 aromatic heterocycles. The van der Waals surface area contributed by atoms with Gasteiger partial charge >= 0.3 is 0 Å². The van der Waals surface area contributed by atoms with Crippen LogP contribution in [-0.4, -0.2) is 31.3 Å². The molecule has 120 valence electrons. The molecule has 8 heteroatoms. The summed E-state index contributed by atoms with van der Waals surface area (Å²) in [6.45, 7) is 0.226. The van der Waals surface area contributed by atoms with Crippen LogP contribution in [0.5, 0.6) is 0 Å². The lowest BCUT2D eigenvalue weighted by Gasteiger charge is -2.13. The van der Waals surface area contributed by atoms with Crippen molar-refractivity contribution in [3.63, 3.8) is 0 Å². The summed E-state index contributed by atoms with van der Waals surface area (Å²) in [5, 5.41) is 0. The van der Waals surface area contributed by atoms with Gasteiger partial charge in [-0.15, -0.1) is 0 Å². The highest BCUT2D eigenvalue weighted by atomic mass is 32.2. The molecule has 0 aliphatic rings. The molecule has 2 aromatic carbocycles. The van der Waals surface area contributed by atoms with Crippen molar-refractivity contribution in [3.8, 4) is 0 Å². The second kappa shape index (κ2) is 6.23. The minimum atomic E-state index is -3.64. The third-order valence-corrected chi connectivity index (χ3v) is 5.43.